The maximum absolute atomic E-state index is 12.8. The van der Waals surface area contributed by atoms with Crippen molar-refractivity contribution in [2.24, 2.45) is 0 Å². The van der Waals surface area contributed by atoms with Crippen molar-refractivity contribution in [3.63, 3.8) is 0 Å². The van der Waals surface area contributed by atoms with E-state index in [1.807, 2.05) is 0 Å². The summed E-state index contributed by atoms with van der Waals surface area (Å²) >= 11 is 5.78. The van der Waals surface area contributed by atoms with Gasteiger partial charge in [0, 0.05) is 24.2 Å². The SMILES string of the molecule is COc1ccc(S(=O)(=O)N2CC(S(=O)(=O)c3ccc(Cl)cc3)C2)cc1OC. The van der Waals surface area contributed by atoms with Crippen molar-refractivity contribution in [1.82, 2.24) is 4.31 Å². The highest BCUT2D eigenvalue weighted by atomic mass is 35.5. The van der Waals surface area contributed by atoms with Gasteiger partial charge in [0.05, 0.1) is 29.3 Å². The van der Waals surface area contributed by atoms with Gasteiger partial charge >= 0.3 is 0 Å². The zero-order valence-electron chi connectivity index (χ0n) is 14.6. The number of sulfonamides is 1. The number of methoxy groups -OCH3 is 2. The molecule has 0 bridgehead atoms. The molecule has 146 valence electrons. The van der Waals surface area contributed by atoms with Gasteiger partial charge in [0.25, 0.3) is 0 Å². The van der Waals surface area contributed by atoms with Gasteiger partial charge in [0.1, 0.15) is 0 Å². The van der Waals surface area contributed by atoms with Crippen LogP contribution in [0.1, 0.15) is 0 Å². The van der Waals surface area contributed by atoms with Crippen molar-refractivity contribution in [3.8, 4) is 11.5 Å². The maximum Gasteiger partial charge on any atom is 0.243 e. The minimum atomic E-state index is -3.83. The van der Waals surface area contributed by atoms with Crippen LogP contribution in [-0.4, -0.2) is 53.7 Å². The quantitative estimate of drug-likeness (QED) is 0.696. The van der Waals surface area contributed by atoms with Crippen molar-refractivity contribution in [2.75, 3.05) is 27.3 Å². The minimum absolute atomic E-state index is 0.0162. The molecule has 0 spiro atoms. The lowest BCUT2D eigenvalue weighted by molar-refractivity contribution is 0.309. The fourth-order valence-corrected chi connectivity index (χ4v) is 6.25. The Bertz CT molecular complexity index is 1050. The molecule has 1 saturated heterocycles. The number of halogens is 1. The standard InChI is InChI=1S/C17H18ClNO6S2/c1-24-16-8-7-14(9-17(16)25-2)27(22,23)19-10-15(11-19)26(20,21)13-5-3-12(18)4-6-13/h3-9,15H,10-11H2,1-2H3. The van der Waals surface area contributed by atoms with Gasteiger partial charge in [-0.2, -0.15) is 4.31 Å². The Morgan fingerprint density at radius 1 is 0.889 bits per heavy atom. The van der Waals surface area contributed by atoms with Crippen LogP contribution in [0.2, 0.25) is 5.02 Å². The number of hydrogen-bond donors (Lipinski definition) is 0. The molecule has 1 aliphatic heterocycles. The molecule has 0 N–H and O–H groups in total. The monoisotopic (exact) mass is 431 g/mol. The Morgan fingerprint density at radius 3 is 2.00 bits per heavy atom. The highest BCUT2D eigenvalue weighted by molar-refractivity contribution is 7.92. The molecule has 0 aromatic heterocycles. The van der Waals surface area contributed by atoms with E-state index in [-0.39, 0.29) is 28.6 Å². The molecule has 3 rings (SSSR count). The highest BCUT2D eigenvalue weighted by Crippen LogP contribution is 2.33. The lowest BCUT2D eigenvalue weighted by Gasteiger charge is -2.37. The predicted molar refractivity (Wildman–Crippen MR) is 101 cm³/mol. The van der Waals surface area contributed by atoms with Crippen molar-refractivity contribution >= 4 is 31.5 Å². The number of ether oxygens (including phenoxy) is 2. The molecule has 0 atom stereocenters. The van der Waals surface area contributed by atoms with Gasteiger partial charge in [-0.15, -0.1) is 0 Å². The van der Waals surface area contributed by atoms with Gasteiger partial charge < -0.3 is 9.47 Å². The molecule has 0 radical (unpaired) electrons. The Balaban J connectivity index is 1.79. The van der Waals surface area contributed by atoms with Crippen molar-refractivity contribution < 1.29 is 26.3 Å². The molecule has 7 nitrogen and oxygen atoms in total. The van der Waals surface area contributed by atoms with Crippen LogP contribution in [0.5, 0.6) is 11.5 Å². The average Bonchev–Trinajstić information content (AvgIpc) is 2.59. The van der Waals surface area contributed by atoms with Crippen molar-refractivity contribution in [3.05, 3.63) is 47.5 Å². The summed E-state index contributed by atoms with van der Waals surface area (Å²) in [5.74, 6) is 0.688. The van der Waals surface area contributed by atoms with E-state index in [0.717, 1.165) is 4.31 Å². The van der Waals surface area contributed by atoms with Crippen LogP contribution in [0, 0.1) is 0 Å². The topological polar surface area (TPSA) is 90.0 Å². The van der Waals surface area contributed by atoms with E-state index in [2.05, 4.69) is 0 Å². The van der Waals surface area contributed by atoms with Gasteiger partial charge in [-0.1, -0.05) is 11.6 Å². The molecule has 0 unspecified atom stereocenters. The van der Waals surface area contributed by atoms with E-state index in [1.54, 1.807) is 0 Å². The number of rotatable bonds is 6. The molecular weight excluding hydrogens is 414 g/mol. The third kappa shape index (κ3) is 3.64. The summed E-state index contributed by atoms with van der Waals surface area (Å²) in [4.78, 5) is 0.141. The van der Waals surface area contributed by atoms with E-state index in [9.17, 15) is 16.8 Å². The second kappa shape index (κ2) is 7.31. The third-order valence-corrected chi connectivity index (χ3v) is 8.57. The van der Waals surface area contributed by atoms with Gasteiger partial charge in [0.15, 0.2) is 21.3 Å². The minimum Gasteiger partial charge on any atom is -0.493 e. The second-order valence-corrected chi connectivity index (χ2v) is 10.6. The van der Waals surface area contributed by atoms with E-state index < -0.39 is 25.1 Å². The van der Waals surface area contributed by atoms with Crippen LogP contribution in [0.4, 0.5) is 0 Å². The summed E-state index contributed by atoms with van der Waals surface area (Å²) in [5, 5.41) is -0.367. The predicted octanol–water partition coefficient (Wildman–Crippen LogP) is 2.20. The summed E-state index contributed by atoms with van der Waals surface area (Å²) in [6, 6.07) is 10.1. The van der Waals surface area contributed by atoms with Crippen LogP contribution in [0.15, 0.2) is 52.3 Å². The molecule has 2 aromatic rings. The van der Waals surface area contributed by atoms with E-state index in [4.69, 9.17) is 21.1 Å². The second-order valence-electron chi connectivity index (χ2n) is 5.96. The third-order valence-electron chi connectivity index (χ3n) is 4.39. The van der Waals surface area contributed by atoms with Crippen LogP contribution >= 0.6 is 11.6 Å². The molecule has 2 aromatic carbocycles. The molecule has 0 aliphatic carbocycles. The zero-order chi connectivity index (χ0) is 19.8. The number of hydrogen-bond acceptors (Lipinski definition) is 6. The molecule has 27 heavy (non-hydrogen) atoms. The molecule has 1 aliphatic rings. The van der Waals surface area contributed by atoms with E-state index in [1.165, 1.54) is 56.7 Å². The van der Waals surface area contributed by atoms with E-state index in [0.29, 0.717) is 10.8 Å². The largest absolute Gasteiger partial charge is 0.493 e. The highest BCUT2D eigenvalue weighted by Gasteiger charge is 2.44. The normalized spacial score (nSPS) is 16.0. The fraction of sp³-hybridized carbons (Fsp3) is 0.294. The summed E-state index contributed by atoms with van der Waals surface area (Å²) < 4.78 is 62.1. The number of benzene rings is 2. The number of sulfone groups is 1. The lowest BCUT2D eigenvalue weighted by Crippen LogP contribution is -2.56. The Kier molecular flexibility index (Phi) is 5.40. The molecule has 0 saturated carbocycles. The molecule has 10 heteroatoms. The van der Waals surface area contributed by atoms with Crippen LogP contribution in [0.3, 0.4) is 0 Å². The van der Waals surface area contributed by atoms with Crippen LogP contribution in [-0.2, 0) is 19.9 Å². The van der Waals surface area contributed by atoms with Gasteiger partial charge in [0.2, 0.25) is 10.0 Å². The van der Waals surface area contributed by atoms with E-state index >= 15 is 0 Å². The first-order valence-corrected chi connectivity index (χ1v) is 11.3. The van der Waals surface area contributed by atoms with Crippen LogP contribution < -0.4 is 9.47 Å². The summed E-state index contributed by atoms with van der Waals surface area (Å²) in [6.45, 7) is -0.219. The maximum atomic E-state index is 12.8. The van der Waals surface area contributed by atoms with Gasteiger partial charge in [-0.05, 0) is 36.4 Å². The van der Waals surface area contributed by atoms with Gasteiger partial charge in [-0.3, -0.25) is 0 Å². The molecule has 1 fully saturated rings. The Hall–Kier alpha value is -1.81. The fourth-order valence-electron chi connectivity index (χ4n) is 2.74. The van der Waals surface area contributed by atoms with Gasteiger partial charge in [-0.25, -0.2) is 16.8 Å². The molecular formula is C17H18ClNO6S2. The average molecular weight is 432 g/mol. The molecule has 1 heterocycles. The summed E-state index contributed by atoms with van der Waals surface area (Å²) in [5.41, 5.74) is 0. The Labute approximate surface area is 163 Å². The summed E-state index contributed by atoms with van der Waals surface area (Å²) in [6.07, 6.45) is 0. The van der Waals surface area contributed by atoms with Crippen LogP contribution in [0.25, 0.3) is 0 Å². The molecule has 0 amide bonds. The van der Waals surface area contributed by atoms with Crippen molar-refractivity contribution in [1.29, 1.82) is 0 Å². The summed E-state index contributed by atoms with van der Waals surface area (Å²) in [7, 11) is -4.60. The first-order valence-electron chi connectivity index (χ1n) is 7.92. The zero-order valence-corrected chi connectivity index (χ0v) is 17.0. The Morgan fingerprint density at radius 2 is 1.44 bits per heavy atom. The lowest BCUT2D eigenvalue weighted by atomic mass is 10.3. The van der Waals surface area contributed by atoms with Crippen molar-refractivity contribution in [2.45, 2.75) is 15.0 Å². The number of nitrogens with zero attached hydrogens (tertiary/aromatic N) is 1. The smallest absolute Gasteiger partial charge is 0.243 e. The first-order chi connectivity index (χ1) is 12.7. The first kappa shape index (κ1) is 19.9.